The topological polar surface area (TPSA) is 138 Å². The van der Waals surface area contributed by atoms with E-state index in [0.29, 0.717) is 31.6 Å². The Bertz CT molecular complexity index is 1390. The third-order valence-electron chi connectivity index (χ3n) is 13.4. The quantitative estimate of drug-likeness (QED) is 0.0679. The van der Waals surface area contributed by atoms with Gasteiger partial charge in [0.05, 0.1) is 18.3 Å². The van der Waals surface area contributed by atoms with Crippen LogP contribution >= 0.6 is 0 Å². The highest BCUT2D eigenvalue weighted by molar-refractivity contribution is 6.39. The molecule has 2 saturated heterocycles. The number of Topliss-reactive ketones (excluding diaryl/α,β-unsaturated/α-hetero) is 2. The molecule has 0 aromatic heterocycles. The molecule has 3 rings (SSSR count). The zero-order valence-electron chi connectivity index (χ0n) is 39.3. The van der Waals surface area contributed by atoms with Crippen LogP contribution < -0.4 is 0 Å². The number of amides is 1. The summed E-state index contributed by atoms with van der Waals surface area (Å²) < 4.78 is 29.7. The van der Waals surface area contributed by atoms with Crippen molar-refractivity contribution >= 4 is 23.4 Å². The van der Waals surface area contributed by atoms with Gasteiger partial charge in [0.2, 0.25) is 5.79 Å². The second-order valence-corrected chi connectivity index (χ2v) is 17.6. The van der Waals surface area contributed by atoms with Crippen LogP contribution in [0, 0.1) is 35.5 Å². The molecule has 340 valence electrons. The molecule has 1 amide bonds. The summed E-state index contributed by atoms with van der Waals surface area (Å²) in [5.74, 6) is -5.46. The summed E-state index contributed by atoms with van der Waals surface area (Å²) in [7, 11) is 4.85. The number of carbonyl (C=O) groups excluding carboxylic acids is 4. The van der Waals surface area contributed by atoms with Crippen molar-refractivity contribution in [2.24, 2.45) is 35.5 Å². The fourth-order valence-electron chi connectivity index (χ4n) is 9.24. The molecule has 2 aliphatic heterocycles. The minimum atomic E-state index is -2.42. The van der Waals surface area contributed by atoms with Crippen LogP contribution in [0.1, 0.15) is 153 Å². The van der Waals surface area contributed by atoms with Crippen LogP contribution in [0.15, 0.2) is 23.3 Å². The molecular weight excluding hydrogens is 751 g/mol. The fourth-order valence-corrected chi connectivity index (χ4v) is 9.24. The lowest BCUT2D eigenvalue weighted by Crippen LogP contribution is -2.63. The number of ketones is 2. The average molecular weight is 834 g/mol. The summed E-state index contributed by atoms with van der Waals surface area (Å²) in [5.41, 5.74) is 2.10. The molecule has 3 fully saturated rings. The summed E-state index contributed by atoms with van der Waals surface area (Å²) in [5, 5.41) is 11.8. The van der Waals surface area contributed by atoms with Crippen LogP contribution in [0.3, 0.4) is 0 Å². The molecular formula is C48H83NO10. The average Bonchev–Trinajstić information content (AvgIpc) is 3.73. The van der Waals surface area contributed by atoms with Gasteiger partial charge in [0, 0.05) is 52.0 Å². The molecule has 11 heteroatoms. The first-order chi connectivity index (χ1) is 28.0. The number of nitrogens with zero attached hydrogens (tertiary/aromatic N) is 1. The molecule has 0 spiro atoms. The number of carbonyl (C=O) groups is 4. The van der Waals surface area contributed by atoms with Gasteiger partial charge >= 0.3 is 5.97 Å². The molecule has 0 radical (unpaired) electrons. The third kappa shape index (κ3) is 13.8. The van der Waals surface area contributed by atoms with E-state index >= 15 is 0 Å². The van der Waals surface area contributed by atoms with Gasteiger partial charge in [0.15, 0.2) is 0 Å². The van der Waals surface area contributed by atoms with Crippen LogP contribution in [0.4, 0.5) is 0 Å². The molecule has 0 aromatic rings. The van der Waals surface area contributed by atoms with Crippen LogP contribution in [-0.2, 0) is 42.9 Å². The lowest BCUT2D eigenvalue weighted by Gasteiger charge is -2.46. The smallest absolute Gasteiger partial charge is 0.329 e. The van der Waals surface area contributed by atoms with Crippen molar-refractivity contribution in [2.75, 3.05) is 27.9 Å². The summed E-state index contributed by atoms with van der Waals surface area (Å²) in [6.45, 7) is 22.4. The molecule has 13 atom stereocenters. The number of likely N-dealkylation sites (tertiary alicyclic amines) is 1. The number of methoxy groups -OCH3 is 3. The molecule has 3 aliphatic rings. The largest absolute Gasteiger partial charge is 0.456 e. The summed E-state index contributed by atoms with van der Waals surface area (Å²) in [6, 6.07) is -1.01. The van der Waals surface area contributed by atoms with Gasteiger partial charge in [-0.3, -0.25) is 14.4 Å². The number of esters is 1. The Morgan fingerprint density at radius 2 is 1.56 bits per heavy atom. The Morgan fingerprint density at radius 1 is 0.915 bits per heavy atom. The van der Waals surface area contributed by atoms with Gasteiger partial charge in [0.25, 0.3) is 11.7 Å². The van der Waals surface area contributed by atoms with Crippen molar-refractivity contribution < 1.29 is 48.0 Å². The lowest BCUT2D eigenvalue weighted by atomic mass is 9.77. The zero-order valence-corrected chi connectivity index (χ0v) is 39.3. The second-order valence-electron chi connectivity index (χ2n) is 17.6. The molecule has 11 nitrogen and oxygen atoms in total. The molecule has 0 bridgehead atoms. The maximum absolute atomic E-state index is 14.3. The summed E-state index contributed by atoms with van der Waals surface area (Å²) in [4.78, 5) is 57.4. The van der Waals surface area contributed by atoms with E-state index in [-0.39, 0.29) is 48.5 Å². The van der Waals surface area contributed by atoms with E-state index in [1.54, 1.807) is 28.3 Å². The van der Waals surface area contributed by atoms with E-state index in [4.69, 9.17) is 23.7 Å². The predicted octanol–water partition coefficient (Wildman–Crippen LogP) is 8.83. The summed E-state index contributed by atoms with van der Waals surface area (Å²) >= 11 is 0. The van der Waals surface area contributed by atoms with E-state index in [0.717, 1.165) is 50.5 Å². The Balaban J connectivity index is 0.00000590. The molecule has 1 N–H and O–H groups in total. The highest BCUT2D eigenvalue weighted by Crippen LogP contribution is 2.39. The zero-order chi connectivity index (χ0) is 44.6. The van der Waals surface area contributed by atoms with Gasteiger partial charge in [0.1, 0.15) is 24.0 Å². The van der Waals surface area contributed by atoms with E-state index in [1.165, 1.54) is 10.5 Å². The summed E-state index contributed by atoms with van der Waals surface area (Å²) in [6.07, 6.45) is 10.4. The van der Waals surface area contributed by atoms with Crippen LogP contribution in [-0.4, -0.2) is 104 Å². The van der Waals surface area contributed by atoms with Crippen molar-refractivity contribution in [2.45, 2.75) is 196 Å². The lowest BCUT2D eigenvalue weighted by molar-refractivity contribution is -0.302. The molecule has 0 aromatic carbocycles. The second kappa shape index (κ2) is 25.5. The van der Waals surface area contributed by atoms with Gasteiger partial charge in [-0.15, -0.1) is 0 Å². The predicted molar refractivity (Wildman–Crippen MR) is 233 cm³/mol. The SMILES string of the molecule is CC.CCCC(/C=C(\C)CC)C(=O)CC(C)C(C)C(OC(=O)C1CCCN1C(=O)C(=O)C1(O)OC(C(CCC)OC)C(OC)CC1C)/C(C)=C/C1CCC(C)C(OC)C1. The Morgan fingerprint density at radius 3 is 2.14 bits per heavy atom. The Kier molecular flexibility index (Phi) is 22.8. The highest BCUT2D eigenvalue weighted by atomic mass is 16.7. The van der Waals surface area contributed by atoms with Gasteiger partial charge in [-0.1, -0.05) is 92.9 Å². The molecule has 13 unspecified atom stereocenters. The van der Waals surface area contributed by atoms with Gasteiger partial charge in [-0.05, 0) is 95.0 Å². The Labute approximate surface area is 357 Å². The standard InChI is InChI=1S/C46H77NO10.C2H6/c1-13-17-35(23-28(4)15-3)37(48)25-30(6)33(9)41(31(7)24-34-21-20-29(5)39(27-34)54-11)56-45(51)36-19-16-22-47(36)44(50)43(49)46(52)32(8)26-40(55-12)42(57-46)38(53-10)18-14-2;1-2/h23-24,29-30,32-36,38-42,52H,13-22,25-27H2,1-12H3;1-2H3/b28-23+,31-24+;. The third-order valence-corrected chi connectivity index (χ3v) is 13.4. The number of ether oxygens (including phenoxy) is 5. The van der Waals surface area contributed by atoms with Crippen LogP contribution in [0.25, 0.3) is 0 Å². The minimum absolute atomic E-state index is 0.110. The fraction of sp³-hybridized carbons (Fsp3) is 0.833. The Hall–Kier alpha value is -2.44. The number of allylic oxidation sites excluding steroid dienone is 3. The molecule has 59 heavy (non-hydrogen) atoms. The maximum Gasteiger partial charge on any atom is 0.329 e. The van der Waals surface area contributed by atoms with Crippen molar-refractivity contribution in [1.29, 1.82) is 0 Å². The number of rotatable bonds is 21. The van der Waals surface area contributed by atoms with Crippen LogP contribution in [0.5, 0.6) is 0 Å². The van der Waals surface area contributed by atoms with Gasteiger partial charge in [-0.2, -0.15) is 0 Å². The maximum atomic E-state index is 14.3. The number of hydrogen-bond acceptors (Lipinski definition) is 10. The van der Waals surface area contributed by atoms with Gasteiger partial charge in [-0.25, -0.2) is 4.79 Å². The van der Waals surface area contributed by atoms with Crippen molar-refractivity contribution in [3.05, 3.63) is 23.3 Å². The van der Waals surface area contributed by atoms with Crippen molar-refractivity contribution in [3.63, 3.8) is 0 Å². The first kappa shape index (κ1) is 52.7. The van der Waals surface area contributed by atoms with E-state index in [9.17, 15) is 24.3 Å². The number of aliphatic hydroxyl groups is 1. The van der Waals surface area contributed by atoms with Crippen LogP contribution in [0.2, 0.25) is 0 Å². The van der Waals surface area contributed by atoms with Gasteiger partial charge < -0.3 is 33.7 Å². The molecule has 2 heterocycles. The normalized spacial score (nSPS) is 30.4. The monoisotopic (exact) mass is 834 g/mol. The molecule has 1 aliphatic carbocycles. The van der Waals surface area contributed by atoms with E-state index in [1.807, 2.05) is 41.5 Å². The minimum Gasteiger partial charge on any atom is -0.456 e. The highest BCUT2D eigenvalue weighted by Gasteiger charge is 2.56. The van der Waals surface area contributed by atoms with Crippen molar-refractivity contribution in [3.8, 4) is 0 Å². The first-order valence-electron chi connectivity index (χ1n) is 22.9. The van der Waals surface area contributed by atoms with E-state index < -0.39 is 59.8 Å². The number of hydrogen-bond donors (Lipinski definition) is 1. The first-order valence-corrected chi connectivity index (χ1v) is 22.9. The molecule has 1 saturated carbocycles. The van der Waals surface area contributed by atoms with E-state index in [2.05, 4.69) is 39.8 Å². The van der Waals surface area contributed by atoms with Crippen molar-refractivity contribution in [1.82, 2.24) is 4.90 Å².